The normalized spacial score (nSPS) is 10.5. The number of anilines is 1. The van der Waals surface area contributed by atoms with Crippen LogP contribution in [-0.2, 0) is 6.54 Å². The Bertz CT molecular complexity index is 1050. The molecule has 1 heterocycles. The Labute approximate surface area is 165 Å². The second-order valence-electron chi connectivity index (χ2n) is 5.76. The molecule has 0 unspecified atom stereocenters. The predicted molar refractivity (Wildman–Crippen MR) is 106 cm³/mol. The first-order chi connectivity index (χ1) is 13.5. The second-order valence-corrected chi connectivity index (χ2v) is 6.13. The van der Waals surface area contributed by atoms with Gasteiger partial charge in [-0.25, -0.2) is 0 Å². The van der Waals surface area contributed by atoms with Crippen LogP contribution in [0.25, 0.3) is 5.69 Å². The first-order valence-corrected chi connectivity index (χ1v) is 8.86. The third kappa shape index (κ3) is 4.12. The van der Waals surface area contributed by atoms with Gasteiger partial charge >= 0.3 is 0 Å². The Morgan fingerprint density at radius 2 is 1.93 bits per heavy atom. The molecule has 0 aliphatic heterocycles. The summed E-state index contributed by atoms with van der Waals surface area (Å²) in [5.74, 6) is 0.751. The van der Waals surface area contributed by atoms with Crippen molar-refractivity contribution in [3.05, 3.63) is 85.8 Å². The van der Waals surface area contributed by atoms with Crippen LogP contribution in [0.3, 0.4) is 0 Å². The summed E-state index contributed by atoms with van der Waals surface area (Å²) >= 11 is 6.22. The lowest BCUT2D eigenvalue weighted by atomic mass is 10.2. The van der Waals surface area contributed by atoms with Crippen LogP contribution in [0.15, 0.2) is 59.5 Å². The van der Waals surface area contributed by atoms with Crippen LogP contribution in [0.2, 0.25) is 5.02 Å². The van der Waals surface area contributed by atoms with E-state index in [0.717, 1.165) is 16.0 Å². The summed E-state index contributed by atoms with van der Waals surface area (Å²) in [5, 5.41) is 17.9. The molecule has 144 valence electrons. The van der Waals surface area contributed by atoms with E-state index in [1.165, 1.54) is 30.5 Å². The van der Waals surface area contributed by atoms with E-state index < -0.39 is 10.5 Å². The van der Waals surface area contributed by atoms with Gasteiger partial charge in [-0.1, -0.05) is 29.8 Å². The summed E-state index contributed by atoms with van der Waals surface area (Å²) in [6.07, 6.45) is 1.44. The molecule has 0 amide bonds. The Morgan fingerprint density at radius 3 is 2.61 bits per heavy atom. The summed E-state index contributed by atoms with van der Waals surface area (Å²) in [4.78, 5) is 22.8. The minimum Gasteiger partial charge on any atom is -0.494 e. The van der Waals surface area contributed by atoms with Crippen molar-refractivity contribution in [3.8, 4) is 11.4 Å². The summed E-state index contributed by atoms with van der Waals surface area (Å²) < 4.78 is 6.67. The Morgan fingerprint density at radius 1 is 1.21 bits per heavy atom. The molecule has 0 saturated carbocycles. The van der Waals surface area contributed by atoms with Crippen molar-refractivity contribution in [2.45, 2.75) is 13.5 Å². The van der Waals surface area contributed by atoms with E-state index in [2.05, 4.69) is 10.4 Å². The average Bonchev–Trinajstić information content (AvgIpc) is 2.70. The highest BCUT2D eigenvalue weighted by Gasteiger charge is 2.13. The van der Waals surface area contributed by atoms with Gasteiger partial charge in [-0.05, 0) is 25.1 Å². The lowest BCUT2D eigenvalue weighted by Crippen LogP contribution is -2.22. The van der Waals surface area contributed by atoms with Crippen LogP contribution in [0.4, 0.5) is 11.4 Å². The van der Waals surface area contributed by atoms with Gasteiger partial charge in [0.25, 0.3) is 11.2 Å². The number of nitro groups is 1. The quantitative estimate of drug-likeness (QED) is 0.478. The molecule has 0 aliphatic rings. The lowest BCUT2D eigenvalue weighted by Gasteiger charge is -2.13. The number of benzene rings is 2. The van der Waals surface area contributed by atoms with Crippen molar-refractivity contribution < 1.29 is 9.66 Å². The van der Waals surface area contributed by atoms with Crippen LogP contribution >= 0.6 is 11.6 Å². The van der Waals surface area contributed by atoms with Gasteiger partial charge in [0.15, 0.2) is 0 Å². The maximum Gasteiger partial charge on any atom is 0.292 e. The molecule has 0 atom stereocenters. The van der Waals surface area contributed by atoms with Gasteiger partial charge in [0.05, 0.1) is 29.1 Å². The van der Waals surface area contributed by atoms with Crippen molar-refractivity contribution in [1.82, 2.24) is 9.78 Å². The summed E-state index contributed by atoms with van der Waals surface area (Å²) in [5.41, 5.74) is 1.08. The number of rotatable bonds is 7. The molecular formula is C19H17ClN4O4. The zero-order valence-corrected chi connectivity index (χ0v) is 15.7. The van der Waals surface area contributed by atoms with Crippen molar-refractivity contribution in [2.75, 3.05) is 11.9 Å². The maximum atomic E-state index is 12.6. The molecule has 28 heavy (non-hydrogen) atoms. The molecule has 2 aromatic carbocycles. The fraction of sp³-hybridized carbons (Fsp3) is 0.158. The maximum absolute atomic E-state index is 12.6. The standard InChI is InChI=1S/C19H17ClN4O4/c1-2-28-17-6-4-3-5-13(17)11-21-16-12-22-23(19(25)18(16)20)14-7-9-15(10-8-14)24(26)27/h3-10,12,21H,2,11H2,1H3. The molecule has 0 spiro atoms. The SMILES string of the molecule is CCOc1ccccc1CNc1cnn(-c2ccc([N+](=O)[O-])cc2)c(=O)c1Cl. The minimum atomic E-state index is -0.529. The fourth-order valence-corrected chi connectivity index (χ4v) is 2.79. The fourth-order valence-electron chi connectivity index (χ4n) is 2.59. The van der Waals surface area contributed by atoms with E-state index in [1.807, 2.05) is 31.2 Å². The molecule has 0 bridgehead atoms. The smallest absolute Gasteiger partial charge is 0.292 e. The number of non-ortho nitro benzene ring substituents is 1. The van der Waals surface area contributed by atoms with Crippen LogP contribution in [0, 0.1) is 10.1 Å². The van der Waals surface area contributed by atoms with Gasteiger partial charge in [-0.3, -0.25) is 14.9 Å². The number of nitrogens with zero attached hydrogens (tertiary/aromatic N) is 3. The van der Waals surface area contributed by atoms with Crippen molar-refractivity contribution in [3.63, 3.8) is 0 Å². The molecule has 1 N–H and O–H groups in total. The Kier molecular flexibility index (Phi) is 5.90. The molecule has 0 aliphatic carbocycles. The minimum absolute atomic E-state index is 0.0257. The molecule has 1 aromatic heterocycles. The van der Waals surface area contributed by atoms with Crippen molar-refractivity contribution in [1.29, 1.82) is 0 Å². The van der Waals surface area contributed by atoms with Gasteiger partial charge in [-0.15, -0.1) is 0 Å². The average molecular weight is 401 g/mol. The van der Waals surface area contributed by atoms with Gasteiger partial charge in [0.2, 0.25) is 0 Å². The predicted octanol–water partition coefficient (Wildman–Crippen LogP) is 3.80. The third-order valence-electron chi connectivity index (χ3n) is 3.97. The van der Waals surface area contributed by atoms with E-state index in [1.54, 1.807) is 0 Å². The number of ether oxygens (including phenoxy) is 1. The van der Waals surface area contributed by atoms with Gasteiger partial charge < -0.3 is 10.1 Å². The number of hydrogen-bond acceptors (Lipinski definition) is 6. The largest absolute Gasteiger partial charge is 0.494 e. The number of nitro benzene ring substituents is 1. The van der Waals surface area contributed by atoms with Gasteiger partial charge in [0, 0.05) is 24.2 Å². The second kappa shape index (κ2) is 8.53. The third-order valence-corrected chi connectivity index (χ3v) is 4.33. The van der Waals surface area contributed by atoms with Crippen LogP contribution < -0.4 is 15.6 Å². The van der Waals surface area contributed by atoms with Crippen molar-refractivity contribution in [2.24, 2.45) is 0 Å². The molecule has 0 fully saturated rings. The topological polar surface area (TPSA) is 99.3 Å². The summed E-state index contributed by atoms with van der Waals surface area (Å²) in [6, 6.07) is 13.0. The monoisotopic (exact) mass is 400 g/mol. The Hall–Kier alpha value is -3.39. The highest BCUT2D eigenvalue weighted by atomic mass is 35.5. The lowest BCUT2D eigenvalue weighted by molar-refractivity contribution is -0.384. The van der Waals surface area contributed by atoms with Crippen LogP contribution in [-0.4, -0.2) is 21.3 Å². The highest BCUT2D eigenvalue weighted by molar-refractivity contribution is 6.32. The molecule has 3 rings (SSSR count). The number of hydrogen-bond donors (Lipinski definition) is 1. The number of para-hydroxylation sites is 1. The van der Waals surface area contributed by atoms with Gasteiger partial charge in [-0.2, -0.15) is 9.78 Å². The molecule has 8 nitrogen and oxygen atoms in total. The molecular weight excluding hydrogens is 384 g/mol. The summed E-state index contributed by atoms with van der Waals surface area (Å²) in [7, 11) is 0. The zero-order chi connectivity index (χ0) is 20.1. The van der Waals surface area contributed by atoms with E-state index in [9.17, 15) is 14.9 Å². The first kappa shape index (κ1) is 19.4. The van der Waals surface area contributed by atoms with E-state index in [-0.39, 0.29) is 10.7 Å². The first-order valence-electron chi connectivity index (χ1n) is 8.48. The number of aromatic nitrogens is 2. The molecule has 3 aromatic rings. The summed E-state index contributed by atoms with van der Waals surface area (Å²) in [6.45, 7) is 2.85. The van der Waals surface area contributed by atoms with E-state index in [0.29, 0.717) is 24.5 Å². The molecule has 0 radical (unpaired) electrons. The molecule has 0 saturated heterocycles. The van der Waals surface area contributed by atoms with Crippen LogP contribution in [0.1, 0.15) is 12.5 Å². The van der Waals surface area contributed by atoms with Gasteiger partial charge in [0.1, 0.15) is 10.8 Å². The van der Waals surface area contributed by atoms with Crippen LogP contribution in [0.5, 0.6) is 5.75 Å². The molecule has 9 heteroatoms. The highest BCUT2D eigenvalue weighted by Crippen LogP contribution is 2.22. The zero-order valence-electron chi connectivity index (χ0n) is 15.0. The number of nitrogens with one attached hydrogen (secondary N) is 1. The van der Waals surface area contributed by atoms with E-state index in [4.69, 9.17) is 16.3 Å². The van der Waals surface area contributed by atoms with E-state index >= 15 is 0 Å². The Balaban J connectivity index is 1.83. The van der Waals surface area contributed by atoms with Crippen molar-refractivity contribution >= 4 is 23.0 Å². The number of halogens is 1.